The Morgan fingerprint density at radius 1 is 1.50 bits per heavy atom. The maximum atomic E-state index is 12.0. The van der Waals surface area contributed by atoms with E-state index in [1.54, 1.807) is 0 Å². The van der Waals surface area contributed by atoms with Gasteiger partial charge < -0.3 is 10.4 Å². The number of rotatable bonds is 0. The van der Waals surface area contributed by atoms with E-state index in [0.717, 1.165) is 0 Å². The Balaban J connectivity index is 2.77. The van der Waals surface area contributed by atoms with Crippen LogP contribution in [-0.2, 0) is 0 Å². The number of aliphatic hydroxyl groups excluding tert-OH is 1. The summed E-state index contributed by atoms with van der Waals surface area (Å²) >= 11 is 0. The standard InChI is InChI=1S/C6H9F3N2O/c1-3-10-4(6(7,8)9)2-5(12)11-3/h2-3,5,10-12H,1H3. The van der Waals surface area contributed by atoms with E-state index in [9.17, 15) is 13.2 Å². The Labute approximate surface area is 67.3 Å². The third-order valence-electron chi connectivity index (χ3n) is 1.42. The van der Waals surface area contributed by atoms with Gasteiger partial charge in [-0.15, -0.1) is 0 Å². The van der Waals surface area contributed by atoms with Gasteiger partial charge >= 0.3 is 6.18 Å². The Morgan fingerprint density at radius 2 is 2.08 bits per heavy atom. The molecule has 0 spiro atoms. The molecule has 0 aliphatic carbocycles. The first-order chi connectivity index (χ1) is 5.39. The van der Waals surface area contributed by atoms with Gasteiger partial charge in [0, 0.05) is 0 Å². The summed E-state index contributed by atoms with van der Waals surface area (Å²) in [5.74, 6) is 0. The zero-order chi connectivity index (χ0) is 9.35. The second kappa shape index (κ2) is 2.95. The molecule has 2 atom stereocenters. The topological polar surface area (TPSA) is 44.3 Å². The number of aliphatic hydroxyl groups is 1. The fraction of sp³-hybridized carbons (Fsp3) is 0.667. The molecule has 1 heterocycles. The molecule has 0 aromatic rings. The average molecular weight is 182 g/mol. The lowest BCUT2D eigenvalue weighted by Crippen LogP contribution is -2.51. The minimum atomic E-state index is -4.42. The van der Waals surface area contributed by atoms with Crippen molar-refractivity contribution in [3.05, 3.63) is 11.8 Å². The molecule has 1 rings (SSSR count). The lowest BCUT2D eigenvalue weighted by atomic mass is 10.3. The molecule has 0 amide bonds. The maximum absolute atomic E-state index is 12.0. The van der Waals surface area contributed by atoms with Crippen molar-refractivity contribution < 1.29 is 18.3 Å². The number of nitrogens with one attached hydrogen (secondary N) is 2. The SMILES string of the molecule is CC1NC(C(F)(F)F)=CC(O)N1. The Bertz CT molecular complexity index is 201. The zero-order valence-corrected chi connectivity index (χ0v) is 6.31. The van der Waals surface area contributed by atoms with Crippen molar-refractivity contribution in [3.63, 3.8) is 0 Å². The smallest absolute Gasteiger partial charge is 0.375 e. The second-order valence-corrected chi connectivity index (χ2v) is 2.56. The van der Waals surface area contributed by atoms with Gasteiger partial charge in [-0.3, -0.25) is 5.32 Å². The van der Waals surface area contributed by atoms with Gasteiger partial charge in [-0.1, -0.05) is 0 Å². The van der Waals surface area contributed by atoms with Crippen molar-refractivity contribution in [1.82, 2.24) is 10.6 Å². The fourth-order valence-electron chi connectivity index (χ4n) is 0.961. The Kier molecular flexibility index (Phi) is 2.29. The highest BCUT2D eigenvalue weighted by molar-refractivity contribution is 5.12. The Morgan fingerprint density at radius 3 is 2.50 bits per heavy atom. The Hall–Kier alpha value is -0.750. The predicted octanol–water partition coefficient (Wildman–Crippen LogP) is 0.290. The highest BCUT2D eigenvalue weighted by atomic mass is 19.4. The van der Waals surface area contributed by atoms with Gasteiger partial charge in [0.05, 0.1) is 6.17 Å². The average Bonchev–Trinajstić information content (AvgIpc) is 1.82. The van der Waals surface area contributed by atoms with Crippen molar-refractivity contribution in [2.75, 3.05) is 0 Å². The largest absolute Gasteiger partial charge is 0.430 e. The molecule has 1 aliphatic heterocycles. The van der Waals surface area contributed by atoms with Crippen LogP contribution in [0.4, 0.5) is 13.2 Å². The first kappa shape index (κ1) is 9.34. The van der Waals surface area contributed by atoms with Gasteiger partial charge in [0.15, 0.2) is 0 Å². The second-order valence-electron chi connectivity index (χ2n) is 2.56. The van der Waals surface area contributed by atoms with E-state index >= 15 is 0 Å². The summed E-state index contributed by atoms with van der Waals surface area (Å²) in [6, 6.07) is 0. The molecule has 70 valence electrons. The van der Waals surface area contributed by atoms with E-state index in [4.69, 9.17) is 5.11 Å². The highest BCUT2D eigenvalue weighted by Crippen LogP contribution is 2.25. The highest BCUT2D eigenvalue weighted by Gasteiger charge is 2.36. The van der Waals surface area contributed by atoms with Crippen molar-refractivity contribution in [2.24, 2.45) is 0 Å². The fourth-order valence-corrected chi connectivity index (χ4v) is 0.961. The van der Waals surface area contributed by atoms with Crippen molar-refractivity contribution in [2.45, 2.75) is 25.5 Å². The number of alkyl halides is 3. The normalized spacial score (nSPS) is 30.9. The van der Waals surface area contributed by atoms with Crippen LogP contribution in [0.2, 0.25) is 0 Å². The van der Waals surface area contributed by atoms with Gasteiger partial charge in [-0.25, -0.2) is 0 Å². The summed E-state index contributed by atoms with van der Waals surface area (Å²) < 4.78 is 36.1. The molecule has 3 N–H and O–H groups in total. The molecule has 0 radical (unpaired) electrons. The monoisotopic (exact) mass is 182 g/mol. The summed E-state index contributed by atoms with van der Waals surface area (Å²) in [7, 11) is 0. The maximum Gasteiger partial charge on any atom is 0.430 e. The molecule has 3 nitrogen and oxygen atoms in total. The van der Waals surface area contributed by atoms with E-state index < -0.39 is 24.3 Å². The molecule has 0 aromatic carbocycles. The molecule has 0 aromatic heterocycles. The van der Waals surface area contributed by atoms with Crippen molar-refractivity contribution >= 4 is 0 Å². The van der Waals surface area contributed by atoms with Crippen LogP contribution < -0.4 is 10.6 Å². The van der Waals surface area contributed by atoms with Gasteiger partial charge in [0.25, 0.3) is 0 Å². The van der Waals surface area contributed by atoms with Gasteiger partial charge in [-0.2, -0.15) is 13.2 Å². The number of hydrogen-bond donors (Lipinski definition) is 3. The van der Waals surface area contributed by atoms with E-state index in [1.807, 2.05) is 0 Å². The summed E-state index contributed by atoms with van der Waals surface area (Å²) in [5, 5.41) is 13.5. The molecule has 0 fully saturated rings. The summed E-state index contributed by atoms with van der Waals surface area (Å²) in [6.45, 7) is 1.49. The van der Waals surface area contributed by atoms with E-state index in [0.29, 0.717) is 6.08 Å². The first-order valence-corrected chi connectivity index (χ1v) is 3.39. The molecule has 2 unspecified atom stereocenters. The van der Waals surface area contributed by atoms with Crippen LogP contribution in [0.3, 0.4) is 0 Å². The van der Waals surface area contributed by atoms with Crippen LogP contribution >= 0.6 is 0 Å². The van der Waals surface area contributed by atoms with Gasteiger partial charge in [0.1, 0.15) is 11.9 Å². The first-order valence-electron chi connectivity index (χ1n) is 3.39. The zero-order valence-electron chi connectivity index (χ0n) is 6.31. The molecule has 6 heteroatoms. The molecule has 12 heavy (non-hydrogen) atoms. The molecular formula is C6H9F3N2O. The van der Waals surface area contributed by atoms with Crippen LogP contribution in [0.15, 0.2) is 11.8 Å². The van der Waals surface area contributed by atoms with Crippen molar-refractivity contribution in [1.29, 1.82) is 0 Å². The summed E-state index contributed by atoms with van der Waals surface area (Å²) in [4.78, 5) is 0. The lowest BCUT2D eigenvalue weighted by Gasteiger charge is -2.27. The molecule has 0 saturated carbocycles. The molecular weight excluding hydrogens is 173 g/mol. The quantitative estimate of drug-likeness (QED) is 0.504. The minimum Gasteiger partial charge on any atom is -0.375 e. The van der Waals surface area contributed by atoms with Crippen LogP contribution in [0.5, 0.6) is 0 Å². The van der Waals surface area contributed by atoms with Gasteiger partial charge in [-0.05, 0) is 13.0 Å². The number of allylic oxidation sites excluding steroid dienone is 1. The van der Waals surface area contributed by atoms with Gasteiger partial charge in [0.2, 0.25) is 0 Å². The number of halogens is 3. The third-order valence-corrected chi connectivity index (χ3v) is 1.42. The van der Waals surface area contributed by atoms with Crippen LogP contribution in [0, 0.1) is 0 Å². The van der Waals surface area contributed by atoms with E-state index in [2.05, 4.69) is 10.6 Å². The van der Waals surface area contributed by atoms with Crippen molar-refractivity contribution in [3.8, 4) is 0 Å². The summed E-state index contributed by atoms with van der Waals surface area (Å²) in [6.07, 6.45) is -5.54. The summed E-state index contributed by atoms with van der Waals surface area (Å²) in [5.41, 5.74) is -0.902. The van der Waals surface area contributed by atoms with Crippen LogP contribution in [0.25, 0.3) is 0 Å². The van der Waals surface area contributed by atoms with E-state index in [1.165, 1.54) is 6.92 Å². The molecule has 0 saturated heterocycles. The predicted molar refractivity (Wildman–Crippen MR) is 35.9 cm³/mol. The number of hydrogen-bond acceptors (Lipinski definition) is 3. The molecule has 1 aliphatic rings. The van der Waals surface area contributed by atoms with E-state index in [-0.39, 0.29) is 0 Å². The molecule has 0 bridgehead atoms. The van der Waals surface area contributed by atoms with Crippen LogP contribution in [0.1, 0.15) is 6.92 Å². The minimum absolute atomic E-state index is 0.582. The third kappa shape index (κ3) is 2.12. The lowest BCUT2D eigenvalue weighted by molar-refractivity contribution is -0.101. The van der Waals surface area contributed by atoms with Crippen LogP contribution in [-0.4, -0.2) is 23.7 Å².